The van der Waals surface area contributed by atoms with Crippen LogP contribution in [0, 0.1) is 5.92 Å². The third kappa shape index (κ3) is 3.62. The first kappa shape index (κ1) is 16.8. The van der Waals surface area contributed by atoms with Gasteiger partial charge >= 0.3 is 6.03 Å². The minimum absolute atomic E-state index is 0.000283. The highest BCUT2D eigenvalue weighted by Gasteiger charge is 2.35. The smallest absolute Gasteiger partial charge is 0.319 e. The van der Waals surface area contributed by atoms with Crippen LogP contribution in [0.15, 0.2) is 0 Å². The quantitative estimate of drug-likeness (QED) is 0.826. The SMILES string of the molecule is CN(C)C(=O)N1CCCC(C(=O)N(C)C(C)(C)CO)C1. The molecule has 3 amide bonds. The van der Waals surface area contributed by atoms with E-state index in [0.29, 0.717) is 13.1 Å². The molecule has 6 heteroatoms. The maximum absolute atomic E-state index is 12.5. The first-order valence-electron chi connectivity index (χ1n) is 7.05. The number of urea groups is 1. The lowest BCUT2D eigenvalue weighted by Gasteiger charge is -2.39. The van der Waals surface area contributed by atoms with Crippen LogP contribution in [0.4, 0.5) is 4.79 Å². The molecule has 1 rings (SSSR count). The Morgan fingerprint density at radius 1 is 1.30 bits per heavy atom. The van der Waals surface area contributed by atoms with Crippen molar-refractivity contribution in [1.29, 1.82) is 0 Å². The van der Waals surface area contributed by atoms with Gasteiger partial charge in [0.1, 0.15) is 0 Å². The lowest BCUT2D eigenvalue weighted by Crippen LogP contribution is -2.54. The second-order valence-electron chi connectivity index (χ2n) is 6.33. The molecule has 0 bridgehead atoms. The van der Waals surface area contributed by atoms with Crippen LogP contribution in [-0.4, -0.2) is 78.1 Å². The molecule has 1 fully saturated rings. The van der Waals surface area contributed by atoms with E-state index in [4.69, 9.17) is 0 Å². The first-order valence-corrected chi connectivity index (χ1v) is 7.05. The maximum atomic E-state index is 12.5. The third-order valence-corrected chi connectivity index (χ3v) is 4.05. The molecule has 0 saturated carbocycles. The summed E-state index contributed by atoms with van der Waals surface area (Å²) in [7, 11) is 5.15. The number of hydrogen-bond donors (Lipinski definition) is 1. The van der Waals surface area contributed by atoms with Gasteiger partial charge in [-0.05, 0) is 26.7 Å². The highest BCUT2D eigenvalue weighted by Crippen LogP contribution is 2.22. The van der Waals surface area contributed by atoms with Crippen LogP contribution in [0.25, 0.3) is 0 Å². The molecule has 0 radical (unpaired) electrons. The average Bonchev–Trinajstić information content (AvgIpc) is 2.44. The lowest BCUT2D eigenvalue weighted by molar-refractivity contribution is -0.141. The molecule has 116 valence electrons. The van der Waals surface area contributed by atoms with Crippen LogP contribution in [-0.2, 0) is 4.79 Å². The van der Waals surface area contributed by atoms with E-state index >= 15 is 0 Å². The Morgan fingerprint density at radius 2 is 1.90 bits per heavy atom. The van der Waals surface area contributed by atoms with Gasteiger partial charge in [-0.3, -0.25) is 4.79 Å². The largest absolute Gasteiger partial charge is 0.394 e. The molecule has 1 N–H and O–H groups in total. The average molecular weight is 285 g/mol. The van der Waals surface area contributed by atoms with Crippen LogP contribution in [0.3, 0.4) is 0 Å². The molecule has 1 unspecified atom stereocenters. The first-order chi connectivity index (χ1) is 9.20. The van der Waals surface area contributed by atoms with Crippen LogP contribution >= 0.6 is 0 Å². The van der Waals surface area contributed by atoms with Crippen molar-refractivity contribution in [1.82, 2.24) is 14.7 Å². The predicted octanol–water partition coefficient (Wildman–Crippen LogP) is 0.609. The van der Waals surface area contributed by atoms with E-state index in [0.717, 1.165) is 12.8 Å². The zero-order chi connectivity index (χ0) is 15.5. The summed E-state index contributed by atoms with van der Waals surface area (Å²) in [5.41, 5.74) is -0.578. The minimum atomic E-state index is -0.578. The van der Waals surface area contributed by atoms with Crippen molar-refractivity contribution < 1.29 is 14.7 Å². The molecule has 0 aromatic carbocycles. The summed E-state index contributed by atoms with van der Waals surface area (Å²) in [5, 5.41) is 9.36. The molecule has 1 aliphatic rings. The van der Waals surface area contributed by atoms with Gasteiger partial charge in [0.25, 0.3) is 0 Å². The summed E-state index contributed by atoms with van der Waals surface area (Å²) in [6.07, 6.45) is 1.63. The van der Waals surface area contributed by atoms with Gasteiger partial charge in [-0.15, -0.1) is 0 Å². The molecule has 1 atom stereocenters. The number of carbonyl (C=O) groups excluding carboxylic acids is 2. The molecule has 1 heterocycles. The standard InChI is InChI=1S/C14H27N3O3/c1-14(2,10-18)16(5)12(19)11-7-6-8-17(9-11)13(20)15(3)4/h11,18H,6-10H2,1-5H3. The van der Waals surface area contributed by atoms with Gasteiger partial charge in [0.15, 0.2) is 0 Å². The van der Waals surface area contributed by atoms with Crippen molar-refractivity contribution in [2.24, 2.45) is 5.92 Å². The Labute approximate surface area is 121 Å². The second kappa shape index (κ2) is 6.43. The van der Waals surface area contributed by atoms with Crippen molar-refractivity contribution in [3.63, 3.8) is 0 Å². The molecular weight excluding hydrogens is 258 g/mol. The number of nitrogens with zero attached hydrogens (tertiary/aromatic N) is 3. The molecule has 6 nitrogen and oxygen atoms in total. The molecule has 1 saturated heterocycles. The monoisotopic (exact) mass is 285 g/mol. The molecule has 0 aromatic heterocycles. The van der Waals surface area contributed by atoms with Gasteiger partial charge in [-0.1, -0.05) is 0 Å². The number of rotatable bonds is 3. The van der Waals surface area contributed by atoms with E-state index in [1.54, 1.807) is 30.9 Å². The Balaban J connectivity index is 2.72. The molecule has 1 aliphatic heterocycles. The fraction of sp³-hybridized carbons (Fsp3) is 0.857. The summed E-state index contributed by atoms with van der Waals surface area (Å²) in [6.45, 7) is 4.74. The fourth-order valence-corrected chi connectivity index (χ4v) is 2.31. The van der Waals surface area contributed by atoms with Crippen molar-refractivity contribution in [3.8, 4) is 0 Å². The number of aliphatic hydroxyl groups is 1. The van der Waals surface area contributed by atoms with Crippen LogP contribution < -0.4 is 0 Å². The van der Waals surface area contributed by atoms with Crippen molar-refractivity contribution >= 4 is 11.9 Å². The van der Waals surface area contributed by atoms with Gasteiger partial charge < -0.3 is 19.8 Å². The third-order valence-electron chi connectivity index (χ3n) is 4.05. The normalized spacial score (nSPS) is 19.7. The maximum Gasteiger partial charge on any atom is 0.319 e. The Bertz CT molecular complexity index is 369. The van der Waals surface area contributed by atoms with Gasteiger partial charge in [0.05, 0.1) is 18.1 Å². The summed E-state index contributed by atoms with van der Waals surface area (Å²) in [5.74, 6) is -0.177. The number of hydrogen-bond acceptors (Lipinski definition) is 3. The zero-order valence-corrected chi connectivity index (χ0v) is 13.2. The molecule has 0 aliphatic carbocycles. The Morgan fingerprint density at radius 3 is 2.40 bits per heavy atom. The molecular formula is C14H27N3O3. The number of carbonyl (C=O) groups is 2. The number of aliphatic hydroxyl groups excluding tert-OH is 1. The topological polar surface area (TPSA) is 64.1 Å². The Hall–Kier alpha value is -1.30. The van der Waals surface area contributed by atoms with Gasteiger partial charge in [-0.25, -0.2) is 4.79 Å². The van der Waals surface area contributed by atoms with E-state index < -0.39 is 5.54 Å². The molecule has 0 spiro atoms. The van der Waals surface area contributed by atoms with Gasteiger partial charge in [-0.2, -0.15) is 0 Å². The fourth-order valence-electron chi connectivity index (χ4n) is 2.31. The summed E-state index contributed by atoms with van der Waals surface area (Å²) in [4.78, 5) is 29.3. The highest BCUT2D eigenvalue weighted by molar-refractivity contribution is 5.81. The lowest BCUT2D eigenvalue weighted by atomic mass is 9.94. The van der Waals surface area contributed by atoms with E-state index in [2.05, 4.69) is 0 Å². The van der Waals surface area contributed by atoms with Crippen molar-refractivity contribution in [2.75, 3.05) is 40.8 Å². The Kier molecular flexibility index (Phi) is 5.39. The van der Waals surface area contributed by atoms with Crippen LogP contribution in [0.5, 0.6) is 0 Å². The zero-order valence-electron chi connectivity index (χ0n) is 13.2. The van der Waals surface area contributed by atoms with E-state index in [1.807, 2.05) is 13.8 Å². The number of amides is 3. The van der Waals surface area contributed by atoms with E-state index in [-0.39, 0.29) is 24.5 Å². The molecule has 20 heavy (non-hydrogen) atoms. The summed E-state index contributed by atoms with van der Waals surface area (Å²) < 4.78 is 0. The van der Waals surface area contributed by atoms with E-state index in [9.17, 15) is 14.7 Å². The molecule has 0 aromatic rings. The summed E-state index contributed by atoms with van der Waals surface area (Å²) in [6, 6.07) is -0.0495. The van der Waals surface area contributed by atoms with E-state index in [1.165, 1.54) is 4.90 Å². The number of likely N-dealkylation sites (N-methyl/N-ethyl adjacent to an activating group) is 1. The second-order valence-corrected chi connectivity index (χ2v) is 6.33. The summed E-state index contributed by atoms with van der Waals surface area (Å²) >= 11 is 0. The van der Waals surface area contributed by atoms with Gasteiger partial charge in [0.2, 0.25) is 5.91 Å². The minimum Gasteiger partial charge on any atom is -0.394 e. The number of likely N-dealkylation sites (tertiary alicyclic amines) is 1. The van der Waals surface area contributed by atoms with Crippen molar-refractivity contribution in [3.05, 3.63) is 0 Å². The van der Waals surface area contributed by atoms with Crippen LogP contribution in [0.2, 0.25) is 0 Å². The van der Waals surface area contributed by atoms with Gasteiger partial charge in [0, 0.05) is 34.2 Å². The number of piperidine rings is 1. The highest BCUT2D eigenvalue weighted by atomic mass is 16.3. The van der Waals surface area contributed by atoms with Crippen LogP contribution in [0.1, 0.15) is 26.7 Å². The van der Waals surface area contributed by atoms with Crippen molar-refractivity contribution in [2.45, 2.75) is 32.2 Å². The predicted molar refractivity (Wildman–Crippen MR) is 77.3 cm³/mol.